The van der Waals surface area contributed by atoms with Crippen LogP contribution in [0.4, 0.5) is 10.1 Å². The molecule has 5 heteroatoms. The zero-order chi connectivity index (χ0) is 14.3. The average Bonchev–Trinajstić information content (AvgIpc) is 2.77. The van der Waals surface area contributed by atoms with Crippen molar-refractivity contribution >= 4 is 27.5 Å². The van der Waals surface area contributed by atoms with Crippen molar-refractivity contribution in [2.45, 2.75) is 6.54 Å². The molecule has 0 aliphatic carbocycles. The summed E-state index contributed by atoms with van der Waals surface area (Å²) in [6, 6.07) is 10.2. The number of halogens is 2. The minimum Gasteiger partial charge on any atom is -0.495 e. The van der Waals surface area contributed by atoms with Crippen LogP contribution in [0.1, 0.15) is 11.1 Å². The molecule has 1 heterocycles. The highest BCUT2D eigenvalue weighted by molar-refractivity contribution is 9.10. The largest absolute Gasteiger partial charge is 0.495 e. The number of amidine groups is 1. The maximum Gasteiger partial charge on any atom is 0.135 e. The lowest BCUT2D eigenvalue weighted by atomic mass is 10.1. The van der Waals surface area contributed by atoms with Crippen molar-refractivity contribution in [3.05, 3.63) is 57.8 Å². The van der Waals surface area contributed by atoms with Crippen LogP contribution in [0.25, 0.3) is 0 Å². The van der Waals surface area contributed by atoms with Gasteiger partial charge in [0, 0.05) is 17.3 Å². The summed E-state index contributed by atoms with van der Waals surface area (Å²) in [7, 11) is 1.60. The Balaban J connectivity index is 2.00. The Morgan fingerprint density at radius 1 is 1.25 bits per heavy atom. The van der Waals surface area contributed by atoms with Gasteiger partial charge in [0.1, 0.15) is 17.4 Å². The molecule has 0 bridgehead atoms. The van der Waals surface area contributed by atoms with Gasteiger partial charge < -0.3 is 9.64 Å². The Morgan fingerprint density at radius 2 is 2.05 bits per heavy atom. The number of methoxy groups -OCH3 is 1. The molecule has 2 aromatic carbocycles. The summed E-state index contributed by atoms with van der Waals surface area (Å²) in [5.74, 6) is 0.699. The van der Waals surface area contributed by atoms with Gasteiger partial charge in [-0.3, -0.25) is 5.41 Å². The molecular weight excluding hydrogens is 323 g/mol. The second kappa shape index (κ2) is 4.90. The molecule has 0 saturated carbocycles. The molecule has 0 radical (unpaired) electrons. The highest BCUT2D eigenvalue weighted by Crippen LogP contribution is 2.34. The van der Waals surface area contributed by atoms with Gasteiger partial charge in [0.05, 0.1) is 18.1 Å². The molecule has 0 amide bonds. The van der Waals surface area contributed by atoms with Crippen LogP contribution >= 0.6 is 15.9 Å². The van der Waals surface area contributed by atoms with Crippen LogP contribution in [0.15, 0.2) is 40.9 Å². The predicted molar refractivity (Wildman–Crippen MR) is 80.1 cm³/mol. The third-order valence-corrected chi connectivity index (χ3v) is 4.03. The van der Waals surface area contributed by atoms with E-state index in [0.29, 0.717) is 23.7 Å². The summed E-state index contributed by atoms with van der Waals surface area (Å²) < 4.78 is 19.4. The van der Waals surface area contributed by atoms with E-state index in [1.54, 1.807) is 13.2 Å². The molecule has 0 atom stereocenters. The molecular formula is C15H12BrFN2O. The SMILES string of the molecule is COc1cc(N2Cc3ccc(F)cc3C2=N)ccc1Br. The molecule has 1 N–H and O–H groups in total. The number of rotatable bonds is 2. The van der Waals surface area contributed by atoms with Gasteiger partial charge >= 0.3 is 0 Å². The van der Waals surface area contributed by atoms with Gasteiger partial charge in [-0.15, -0.1) is 0 Å². The predicted octanol–water partition coefficient (Wildman–Crippen LogP) is 3.94. The molecule has 102 valence electrons. The second-order valence-corrected chi connectivity index (χ2v) is 5.41. The first-order chi connectivity index (χ1) is 9.60. The fourth-order valence-corrected chi connectivity index (χ4v) is 2.75. The van der Waals surface area contributed by atoms with Crippen molar-refractivity contribution in [3.8, 4) is 5.75 Å². The van der Waals surface area contributed by atoms with Crippen LogP contribution in [0.3, 0.4) is 0 Å². The van der Waals surface area contributed by atoms with Crippen LogP contribution in [0.2, 0.25) is 0 Å². The number of hydrogen-bond acceptors (Lipinski definition) is 2. The topological polar surface area (TPSA) is 36.3 Å². The summed E-state index contributed by atoms with van der Waals surface area (Å²) in [6.07, 6.45) is 0. The lowest BCUT2D eigenvalue weighted by molar-refractivity contribution is 0.412. The van der Waals surface area contributed by atoms with E-state index in [-0.39, 0.29) is 5.82 Å². The molecule has 1 aliphatic rings. The molecule has 2 aromatic rings. The third kappa shape index (κ3) is 2.08. The number of anilines is 1. The number of nitrogens with zero attached hydrogens (tertiary/aromatic N) is 1. The number of benzene rings is 2. The van der Waals surface area contributed by atoms with Crippen LogP contribution in [-0.4, -0.2) is 12.9 Å². The standard InChI is InChI=1S/C15H12BrFN2O/c1-20-14-7-11(4-5-13(14)16)19-8-9-2-3-10(17)6-12(9)15(19)18/h2-7,18H,8H2,1H3. The summed E-state index contributed by atoms with van der Waals surface area (Å²) in [5, 5.41) is 8.21. The van der Waals surface area contributed by atoms with Gasteiger partial charge in [-0.25, -0.2) is 4.39 Å². The second-order valence-electron chi connectivity index (χ2n) is 4.56. The van der Waals surface area contributed by atoms with Gasteiger partial charge in [-0.2, -0.15) is 0 Å². The van der Waals surface area contributed by atoms with Gasteiger partial charge in [0.2, 0.25) is 0 Å². The molecule has 3 rings (SSSR count). The average molecular weight is 335 g/mol. The van der Waals surface area contributed by atoms with E-state index in [0.717, 1.165) is 15.7 Å². The molecule has 0 unspecified atom stereocenters. The number of ether oxygens (including phenoxy) is 1. The van der Waals surface area contributed by atoms with Crippen LogP contribution in [0, 0.1) is 11.2 Å². The smallest absolute Gasteiger partial charge is 0.135 e. The van der Waals surface area contributed by atoms with Crippen LogP contribution in [-0.2, 0) is 6.54 Å². The fourth-order valence-electron chi connectivity index (χ4n) is 2.34. The Morgan fingerprint density at radius 3 is 2.80 bits per heavy atom. The molecule has 0 spiro atoms. The first kappa shape index (κ1) is 13.1. The normalized spacial score (nSPS) is 13.6. The van der Waals surface area contributed by atoms with Gasteiger partial charge in [-0.1, -0.05) is 6.07 Å². The third-order valence-electron chi connectivity index (χ3n) is 3.37. The zero-order valence-electron chi connectivity index (χ0n) is 10.8. The summed E-state index contributed by atoms with van der Waals surface area (Å²) in [5.41, 5.74) is 2.46. The summed E-state index contributed by atoms with van der Waals surface area (Å²) in [6.45, 7) is 0.569. The van der Waals surface area contributed by atoms with Crippen molar-refractivity contribution in [1.29, 1.82) is 5.41 Å². The summed E-state index contributed by atoms with van der Waals surface area (Å²) >= 11 is 3.41. The van der Waals surface area contributed by atoms with E-state index in [1.165, 1.54) is 12.1 Å². The van der Waals surface area contributed by atoms with Gasteiger partial charge in [-0.05, 0) is 45.8 Å². The monoisotopic (exact) mass is 334 g/mol. The van der Waals surface area contributed by atoms with E-state index in [1.807, 2.05) is 23.1 Å². The van der Waals surface area contributed by atoms with Crippen molar-refractivity contribution < 1.29 is 9.13 Å². The van der Waals surface area contributed by atoms with Crippen molar-refractivity contribution in [2.75, 3.05) is 12.0 Å². The van der Waals surface area contributed by atoms with Crippen molar-refractivity contribution in [3.63, 3.8) is 0 Å². The molecule has 0 fully saturated rings. The lowest BCUT2D eigenvalue weighted by Crippen LogP contribution is -2.23. The van der Waals surface area contributed by atoms with E-state index < -0.39 is 0 Å². The Labute approximate surface area is 124 Å². The van der Waals surface area contributed by atoms with Crippen molar-refractivity contribution in [1.82, 2.24) is 0 Å². The minimum absolute atomic E-state index is 0.309. The van der Waals surface area contributed by atoms with E-state index >= 15 is 0 Å². The van der Waals surface area contributed by atoms with E-state index in [4.69, 9.17) is 10.1 Å². The summed E-state index contributed by atoms with van der Waals surface area (Å²) in [4.78, 5) is 1.83. The molecule has 3 nitrogen and oxygen atoms in total. The molecule has 0 saturated heterocycles. The van der Waals surface area contributed by atoms with E-state index in [2.05, 4.69) is 15.9 Å². The van der Waals surface area contributed by atoms with Gasteiger partial charge in [0.25, 0.3) is 0 Å². The zero-order valence-corrected chi connectivity index (χ0v) is 12.4. The molecule has 1 aliphatic heterocycles. The van der Waals surface area contributed by atoms with Crippen LogP contribution < -0.4 is 9.64 Å². The maximum atomic E-state index is 13.3. The number of nitrogens with one attached hydrogen (secondary N) is 1. The fraction of sp³-hybridized carbons (Fsp3) is 0.133. The highest BCUT2D eigenvalue weighted by Gasteiger charge is 2.26. The number of hydrogen-bond donors (Lipinski definition) is 1. The number of fused-ring (bicyclic) bond motifs is 1. The minimum atomic E-state index is -0.316. The quantitative estimate of drug-likeness (QED) is 0.902. The molecule has 0 aromatic heterocycles. The lowest BCUT2D eigenvalue weighted by Gasteiger charge is -2.19. The van der Waals surface area contributed by atoms with Crippen LogP contribution in [0.5, 0.6) is 5.75 Å². The first-order valence-electron chi connectivity index (χ1n) is 6.08. The van der Waals surface area contributed by atoms with Gasteiger partial charge in [0.15, 0.2) is 0 Å². The maximum absolute atomic E-state index is 13.3. The van der Waals surface area contributed by atoms with E-state index in [9.17, 15) is 4.39 Å². The Kier molecular flexibility index (Phi) is 3.22. The first-order valence-corrected chi connectivity index (χ1v) is 6.88. The molecule has 20 heavy (non-hydrogen) atoms. The highest BCUT2D eigenvalue weighted by atomic mass is 79.9. The van der Waals surface area contributed by atoms with Crippen molar-refractivity contribution in [2.24, 2.45) is 0 Å². The Hall–Kier alpha value is -1.88. The Bertz CT molecular complexity index is 702.